The zero-order valence-electron chi connectivity index (χ0n) is 21.2. The first-order chi connectivity index (χ1) is 19.1. The van der Waals surface area contributed by atoms with Crippen LogP contribution in [0.5, 0.6) is 0 Å². The van der Waals surface area contributed by atoms with E-state index in [1.54, 1.807) is 11.5 Å². The van der Waals surface area contributed by atoms with Crippen molar-refractivity contribution in [2.75, 3.05) is 16.8 Å². The minimum Gasteiger partial charge on any atom is -0.438 e. The number of carbonyl (C=O) groups excluding carboxylic acids is 1. The van der Waals surface area contributed by atoms with E-state index in [4.69, 9.17) is 10.2 Å². The molecule has 3 aromatic carbocycles. The standard InChI is InChI=1S/C30H26N6O2S/c1-20(36-29(32)34-35-30(36)39-18-17-21-11-5-2-6-12-21)27(37)33-28-24(19-31)25(22-13-7-3-8-14-22)26(38-28)23-15-9-4-10-16-23/h2-16,20H,17-18H2,1H3,(H2,32,34)(H,33,37). The molecule has 5 rings (SSSR count). The second-order valence-corrected chi connectivity index (χ2v) is 9.88. The molecule has 194 valence electrons. The molecular formula is C30H26N6O2S. The Morgan fingerprint density at radius 1 is 1.00 bits per heavy atom. The van der Waals surface area contributed by atoms with Gasteiger partial charge in [-0.05, 0) is 24.5 Å². The predicted molar refractivity (Wildman–Crippen MR) is 153 cm³/mol. The fourth-order valence-electron chi connectivity index (χ4n) is 4.29. The third-order valence-electron chi connectivity index (χ3n) is 6.28. The van der Waals surface area contributed by atoms with Gasteiger partial charge in [0.25, 0.3) is 0 Å². The van der Waals surface area contributed by atoms with Crippen LogP contribution >= 0.6 is 11.8 Å². The number of nitrogens with zero attached hydrogens (tertiary/aromatic N) is 4. The third-order valence-corrected chi connectivity index (χ3v) is 7.22. The van der Waals surface area contributed by atoms with Crippen molar-refractivity contribution in [3.63, 3.8) is 0 Å². The Hall–Kier alpha value is -4.81. The number of anilines is 2. The van der Waals surface area contributed by atoms with Gasteiger partial charge in [-0.15, -0.1) is 10.2 Å². The Bertz CT molecular complexity index is 1610. The first kappa shape index (κ1) is 25.8. The van der Waals surface area contributed by atoms with Crippen LogP contribution in [0.3, 0.4) is 0 Å². The van der Waals surface area contributed by atoms with E-state index in [9.17, 15) is 10.1 Å². The molecule has 0 aliphatic carbocycles. The summed E-state index contributed by atoms with van der Waals surface area (Å²) >= 11 is 1.48. The van der Waals surface area contributed by atoms with Crippen molar-refractivity contribution in [3.05, 3.63) is 102 Å². The number of hydrogen-bond donors (Lipinski definition) is 2. The lowest BCUT2D eigenvalue weighted by atomic mass is 9.98. The summed E-state index contributed by atoms with van der Waals surface area (Å²) in [7, 11) is 0. The summed E-state index contributed by atoms with van der Waals surface area (Å²) in [5, 5.41) is 21.7. The summed E-state index contributed by atoms with van der Waals surface area (Å²) in [6.07, 6.45) is 0.835. The number of thioether (sulfide) groups is 1. The lowest BCUT2D eigenvalue weighted by Crippen LogP contribution is -2.25. The highest BCUT2D eigenvalue weighted by molar-refractivity contribution is 7.99. The molecule has 3 N–H and O–H groups in total. The molecular weight excluding hydrogens is 508 g/mol. The molecule has 5 aromatic rings. The van der Waals surface area contributed by atoms with Crippen LogP contribution in [-0.4, -0.2) is 26.4 Å². The molecule has 0 saturated carbocycles. The fourth-order valence-corrected chi connectivity index (χ4v) is 5.30. The summed E-state index contributed by atoms with van der Waals surface area (Å²) < 4.78 is 7.75. The number of nitrogens with two attached hydrogens (primary N) is 1. The number of carbonyl (C=O) groups is 1. The molecule has 1 amide bonds. The Balaban J connectivity index is 1.41. The van der Waals surface area contributed by atoms with Crippen molar-refractivity contribution in [1.82, 2.24) is 14.8 Å². The van der Waals surface area contributed by atoms with Gasteiger partial charge in [-0.3, -0.25) is 14.7 Å². The zero-order chi connectivity index (χ0) is 27.2. The van der Waals surface area contributed by atoms with Crippen molar-refractivity contribution in [1.29, 1.82) is 5.26 Å². The van der Waals surface area contributed by atoms with Gasteiger partial charge in [-0.1, -0.05) is 103 Å². The molecule has 0 aliphatic rings. The fraction of sp³-hybridized carbons (Fsp3) is 0.133. The average Bonchev–Trinajstić information content (AvgIpc) is 3.53. The highest BCUT2D eigenvalue weighted by Gasteiger charge is 2.27. The summed E-state index contributed by atoms with van der Waals surface area (Å²) in [5.41, 5.74) is 9.79. The molecule has 0 radical (unpaired) electrons. The normalized spacial score (nSPS) is 11.6. The molecule has 0 fully saturated rings. The van der Waals surface area contributed by atoms with Gasteiger partial charge in [-0.2, -0.15) is 5.26 Å². The van der Waals surface area contributed by atoms with Gasteiger partial charge in [-0.25, -0.2) is 0 Å². The van der Waals surface area contributed by atoms with Crippen LogP contribution in [-0.2, 0) is 11.2 Å². The number of aromatic nitrogens is 3. The second-order valence-electron chi connectivity index (χ2n) is 8.81. The molecule has 8 nitrogen and oxygen atoms in total. The van der Waals surface area contributed by atoms with Crippen molar-refractivity contribution in [2.45, 2.75) is 24.5 Å². The molecule has 0 spiro atoms. The van der Waals surface area contributed by atoms with E-state index in [-0.39, 0.29) is 17.4 Å². The number of nitriles is 1. The molecule has 0 saturated heterocycles. The zero-order valence-corrected chi connectivity index (χ0v) is 22.1. The molecule has 2 heterocycles. The Kier molecular flexibility index (Phi) is 7.75. The maximum atomic E-state index is 13.5. The minimum absolute atomic E-state index is 0.0805. The predicted octanol–water partition coefficient (Wildman–Crippen LogP) is 6.19. The average molecular weight is 535 g/mol. The van der Waals surface area contributed by atoms with Gasteiger partial charge < -0.3 is 10.2 Å². The van der Waals surface area contributed by atoms with Gasteiger partial charge in [0.15, 0.2) is 5.16 Å². The topological polar surface area (TPSA) is 123 Å². The largest absolute Gasteiger partial charge is 0.438 e. The van der Waals surface area contributed by atoms with Crippen LogP contribution in [0.1, 0.15) is 24.1 Å². The Labute approximate surface area is 230 Å². The molecule has 9 heteroatoms. The van der Waals surface area contributed by atoms with E-state index in [0.717, 1.165) is 23.3 Å². The lowest BCUT2D eigenvalue weighted by Gasteiger charge is -2.15. The maximum absolute atomic E-state index is 13.5. The van der Waals surface area contributed by atoms with E-state index >= 15 is 0 Å². The first-order valence-electron chi connectivity index (χ1n) is 12.4. The van der Waals surface area contributed by atoms with Gasteiger partial charge in [0.05, 0.1) is 0 Å². The van der Waals surface area contributed by atoms with Crippen LogP contribution in [0.4, 0.5) is 11.8 Å². The van der Waals surface area contributed by atoms with E-state index < -0.39 is 11.9 Å². The molecule has 2 aromatic heterocycles. The number of furan rings is 1. The molecule has 1 atom stereocenters. The van der Waals surface area contributed by atoms with Crippen LogP contribution in [0.15, 0.2) is 101 Å². The summed E-state index contributed by atoms with van der Waals surface area (Å²) in [5.74, 6) is 1.05. The highest BCUT2D eigenvalue weighted by Crippen LogP contribution is 2.41. The molecule has 0 bridgehead atoms. The second kappa shape index (κ2) is 11.7. The number of amides is 1. The molecule has 1 unspecified atom stereocenters. The van der Waals surface area contributed by atoms with Crippen LogP contribution in [0.2, 0.25) is 0 Å². The number of rotatable bonds is 9. The number of nitrogens with one attached hydrogen (secondary N) is 1. The smallest absolute Gasteiger partial charge is 0.249 e. The van der Waals surface area contributed by atoms with Crippen molar-refractivity contribution < 1.29 is 9.21 Å². The maximum Gasteiger partial charge on any atom is 0.249 e. The van der Waals surface area contributed by atoms with Crippen LogP contribution in [0, 0.1) is 11.3 Å². The van der Waals surface area contributed by atoms with E-state index in [2.05, 4.69) is 33.7 Å². The molecule has 0 aliphatic heterocycles. The SMILES string of the molecule is CC(C(=O)Nc1oc(-c2ccccc2)c(-c2ccccc2)c1C#N)n1c(N)nnc1SCCc1ccccc1. The Morgan fingerprint density at radius 2 is 1.62 bits per heavy atom. The van der Waals surface area contributed by atoms with E-state index in [1.807, 2.05) is 78.9 Å². The lowest BCUT2D eigenvalue weighted by molar-refractivity contribution is -0.119. The Morgan fingerprint density at radius 3 is 2.26 bits per heavy atom. The van der Waals surface area contributed by atoms with Crippen molar-refractivity contribution in [2.24, 2.45) is 0 Å². The van der Waals surface area contributed by atoms with E-state index in [0.29, 0.717) is 16.5 Å². The highest BCUT2D eigenvalue weighted by atomic mass is 32.2. The minimum atomic E-state index is -0.754. The van der Waals surface area contributed by atoms with Gasteiger partial charge >= 0.3 is 0 Å². The number of hydrogen-bond acceptors (Lipinski definition) is 7. The monoisotopic (exact) mass is 534 g/mol. The van der Waals surface area contributed by atoms with Crippen molar-refractivity contribution in [3.8, 4) is 28.5 Å². The third kappa shape index (κ3) is 5.56. The summed E-state index contributed by atoms with van der Waals surface area (Å²) in [6, 6.07) is 30.6. The number of benzene rings is 3. The molecule has 39 heavy (non-hydrogen) atoms. The number of aryl methyl sites for hydroxylation is 1. The van der Waals surface area contributed by atoms with Crippen LogP contribution < -0.4 is 11.1 Å². The van der Waals surface area contributed by atoms with E-state index in [1.165, 1.54) is 17.3 Å². The van der Waals surface area contributed by atoms with Gasteiger partial charge in [0.2, 0.25) is 17.7 Å². The van der Waals surface area contributed by atoms with Gasteiger partial charge in [0, 0.05) is 16.9 Å². The summed E-state index contributed by atoms with van der Waals surface area (Å²) in [4.78, 5) is 13.5. The quantitative estimate of drug-likeness (QED) is 0.216. The first-order valence-corrected chi connectivity index (χ1v) is 13.4. The van der Waals surface area contributed by atoms with Crippen LogP contribution in [0.25, 0.3) is 22.5 Å². The van der Waals surface area contributed by atoms with Gasteiger partial charge in [0.1, 0.15) is 23.4 Å². The summed E-state index contributed by atoms with van der Waals surface area (Å²) in [6.45, 7) is 1.71. The number of nitrogen functional groups attached to an aromatic ring is 1. The van der Waals surface area contributed by atoms with Crippen molar-refractivity contribution >= 4 is 29.5 Å².